The van der Waals surface area contributed by atoms with Crippen LogP contribution in [0.4, 0.5) is 0 Å². The summed E-state index contributed by atoms with van der Waals surface area (Å²) in [6.45, 7) is 3.12. The first-order chi connectivity index (χ1) is 8.26. The van der Waals surface area contributed by atoms with Gasteiger partial charge < -0.3 is 9.98 Å². The second-order valence-corrected chi connectivity index (χ2v) is 5.31. The zero-order valence-corrected chi connectivity index (χ0v) is 11.3. The molecule has 1 aromatic heterocycles. The van der Waals surface area contributed by atoms with E-state index in [0.29, 0.717) is 0 Å². The van der Waals surface area contributed by atoms with Crippen LogP contribution in [0.1, 0.15) is 18.9 Å². The van der Waals surface area contributed by atoms with Gasteiger partial charge in [0.1, 0.15) is 0 Å². The highest BCUT2D eigenvalue weighted by Crippen LogP contribution is 2.24. The summed E-state index contributed by atoms with van der Waals surface area (Å²) < 4.78 is 3.11. The number of nitrogens with zero attached hydrogens (tertiary/aromatic N) is 1. The summed E-state index contributed by atoms with van der Waals surface area (Å²) >= 11 is 6.94. The van der Waals surface area contributed by atoms with Crippen LogP contribution in [-0.2, 0) is 6.54 Å². The Bertz CT molecular complexity index is 564. The molecule has 0 radical (unpaired) electrons. The third kappa shape index (κ3) is 2.53. The molecule has 88 valence electrons. The highest BCUT2D eigenvalue weighted by molar-refractivity contribution is 7.73. The van der Waals surface area contributed by atoms with E-state index < -0.39 is 0 Å². The Labute approximate surface area is 110 Å². The molecular weight excluding hydrogens is 248 g/mol. The highest BCUT2D eigenvalue weighted by atomic mass is 32.1. The van der Waals surface area contributed by atoms with Gasteiger partial charge >= 0.3 is 0 Å². The summed E-state index contributed by atoms with van der Waals surface area (Å²) in [5.41, 5.74) is 3.26. The first kappa shape index (κ1) is 12.2. The van der Waals surface area contributed by atoms with Crippen LogP contribution in [0.15, 0.2) is 29.6 Å². The van der Waals surface area contributed by atoms with Crippen LogP contribution in [0.5, 0.6) is 0 Å². The van der Waals surface area contributed by atoms with E-state index in [-0.39, 0.29) is 0 Å². The molecule has 0 saturated carbocycles. The third-order valence-electron chi connectivity index (χ3n) is 2.60. The molecule has 4 heteroatoms. The van der Waals surface area contributed by atoms with E-state index in [2.05, 4.69) is 16.9 Å². The molecule has 0 bridgehead atoms. The van der Waals surface area contributed by atoms with Crippen molar-refractivity contribution in [1.82, 2.24) is 4.57 Å². The fourth-order valence-corrected chi connectivity index (χ4v) is 2.87. The standard InChI is InChI=1S/C13H14N2S2/c1-2-7-15-12(9-17-13(15)16)11-5-3-10(8-14)4-6-11/h3-6,8-9,14H,2,7H2,1H3. The quantitative estimate of drug-likeness (QED) is 0.644. The molecule has 0 aliphatic heterocycles. The maximum absolute atomic E-state index is 7.19. The Hall–Kier alpha value is -1.26. The highest BCUT2D eigenvalue weighted by Gasteiger charge is 2.05. The van der Waals surface area contributed by atoms with Crippen LogP contribution in [0.25, 0.3) is 11.3 Å². The number of thiazole rings is 1. The van der Waals surface area contributed by atoms with Gasteiger partial charge in [-0.3, -0.25) is 0 Å². The van der Waals surface area contributed by atoms with Crippen molar-refractivity contribution >= 4 is 29.8 Å². The van der Waals surface area contributed by atoms with Crippen LogP contribution >= 0.6 is 23.6 Å². The van der Waals surface area contributed by atoms with Crippen LogP contribution in [-0.4, -0.2) is 10.8 Å². The Morgan fingerprint density at radius 2 is 2.06 bits per heavy atom. The van der Waals surface area contributed by atoms with Crippen LogP contribution in [0.2, 0.25) is 0 Å². The van der Waals surface area contributed by atoms with Gasteiger partial charge in [0.15, 0.2) is 3.95 Å². The van der Waals surface area contributed by atoms with E-state index in [1.807, 2.05) is 24.3 Å². The molecule has 17 heavy (non-hydrogen) atoms. The number of aromatic nitrogens is 1. The van der Waals surface area contributed by atoms with E-state index >= 15 is 0 Å². The van der Waals surface area contributed by atoms with Crippen molar-refractivity contribution in [1.29, 1.82) is 5.41 Å². The third-order valence-corrected chi connectivity index (χ3v) is 3.88. The summed E-state index contributed by atoms with van der Waals surface area (Å²) in [6, 6.07) is 8.01. The lowest BCUT2D eigenvalue weighted by molar-refractivity contribution is 0.686. The fourth-order valence-electron chi connectivity index (χ4n) is 1.74. The Balaban J connectivity index is 2.44. The number of benzene rings is 1. The van der Waals surface area contributed by atoms with E-state index in [4.69, 9.17) is 17.6 Å². The van der Waals surface area contributed by atoms with E-state index in [9.17, 15) is 0 Å². The molecule has 1 aromatic carbocycles. The van der Waals surface area contributed by atoms with Gasteiger partial charge in [-0.25, -0.2) is 0 Å². The SMILES string of the molecule is CCCn1c(-c2ccc(C=N)cc2)csc1=S. The van der Waals surface area contributed by atoms with Gasteiger partial charge in [-0.15, -0.1) is 11.3 Å². The van der Waals surface area contributed by atoms with E-state index in [1.54, 1.807) is 11.3 Å². The van der Waals surface area contributed by atoms with Gasteiger partial charge in [-0.05, 0) is 29.8 Å². The lowest BCUT2D eigenvalue weighted by atomic mass is 10.1. The molecule has 2 aromatic rings. The molecule has 0 aliphatic rings. The van der Waals surface area contributed by atoms with Crippen molar-refractivity contribution in [3.05, 3.63) is 39.2 Å². The summed E-state index contributed by atoms with van der Waals surface area (Å²) in [5, 5.41) is 9.29. The molecule has 0 unspecified atom stereocenters. The number of nitrogens with one attached hydrogen (secondary N) is 1. The molecule has 1 N–H and O–H groups in total. The Morgan fingerprint density at radius 3 is 2.65 bits per heavy atom. The lowest BCUT2D eigenvalue weighted by Crippen LogP contribution is -1.98. The Kier molecular flexibility index (Phi) is 3.86. The molecule has 1 heterocycles. The summed E-state index contributed by atoms with van der Waals surface area (Å²) in [7, 11) is 0. The molecule has 2 nitrogen and oxygen atoms in total. The van der Waals surface area contributed by atoms with Gasteiger partial charge in [-0.2, -0.15) is 0 Å². The van der Waals surface area contributed by atoms with E-state index in [0.717, 1.165) is 28.0 Å². The van der Waals surface area contributed by atoms with Crippen molar-refractivity contribution in [3.8, 4) is 11.3 Å². The molecule has 2 rings (SSSR count). The normalized spacial score (nSPS) is 10.4. The predicted molar refractivity (Wildman–Crippen MR) is 76.8 cm³/mol. The monoisotopic (exact) mass is 262 g/mol. The average Bonchev–Trinajstić information content (AvgIpc) is 2.72. The first-order valence-corrected chi connectivity index (χ1v) is 6.84. The molecule has 0 fully saturated rings. The van der Waals surface area contributed by atoms with Crippen molar-refractivity contribution in [2.75, 3.05) is 0 Å². The predicted octanol–water partition coefficient (Wildman–Crippen LogP) is 4.35. The number of rotatable bonds is 4. The van der Waals surface area contributed by atoms with E-state index in [1.165, 1.54) is 11.9 Å². The minimum Gasteiger partial charge on any atom is -0.323 e. The van der Waals surface area contributed by atoms with Gasteiger partial charge in [0.2, 0.25) is 0 Å². The molecule has 0 atom stereocenters. The smallest absolute Gasteiger partial charge is 0.161 e. The van der Waals surface area contributed by atoms with Crippen molar-refractivity contribution in [2.45, 2.75) is 19.9 Å². The van der Waals surface area contributed by atoms with Gasteiger partial charge in [0, 0.05) is 18.1 Å². The van der Waals surface area contributed by atoms with Gasteiger partial charge in [0.25, 0.3) is 0 Å². The lowest BCUT2D eigenvalue weighted by Gasteiger charge is -2.07. The van der Waals surface area contributed by atoms with Crippen molar-refractivity contribution in [3.63, 3.8) is 0 Å². The first-order valence-electron chi connectivity index (χ1n) is 5.55. The number of hydrogen-bond donors (Lipinski definition) is 1. The largest absolute Gasteiger partial charge is 0.323 e. The average molecular weight is 262 g/mol. The molecule has 0 spiro atoms. The zero-order valence-electron chi connectivity index (χ0n) is 9.64. The molecule has 0 saturated heterocycles. The topological polar surface area (TPSA) is 28.8 Å². The van der Waals surface area contributed by atoms with Gasteiger partial charge in [0.05, 0.1) is 5.69 Å². The minimum absolute atomic E-state index is 0.921. The van der Waals surface area contributed by atoms with Crippen molar-refractivity contribution < 1.29 is 0 Å². The van der Waals surface area contributed by atoms with Crippen LogP contribution < -0.4 is 0 Å². The summed E-state index contributed by atoms with van der Waals surface area (Å²) in [5.74, 6) is 0. The number of hydrogen-bond acceptors (Lipinski definition) is 3. The minimum atomic E-state index is 0.921. The maximum Gasteiger partial charge on any atom is 0.161 e. The second kappa shape index (κ2) is 5.38. The van der Waals surface area contributed by atoms with Crippen LogP contribution in [0.3, 0.4) is 0 Å². The molecular formula is C13H14N2S2. The second-order valence-electron chi connectivity index (χ2n) is 3.80. The molecule has 0 aliphatic carbocycles. The van der Waals surface area contributed by atoms with Crippen molar-refractivity contribution in [2.24, 2.45) is 0 Å². The summed E-state index contributed by atoms with van der Waals surface area (Å²) in [4.78, 5) is 0. The fraction of sp³-hybridized carbons (Fsp3) is 0.231. The zero-order chi connectivity index (χ0) is 12.3. The Morgan fingerprint density at radius 1 is 1.35 bits per heavy atom. The van der Waals surface area contributed by atoms with Gasteiger partial charge in [-0.1, -0.05) is 31.2 Å². The maximum atomic E-state index is 7.19. The summed E-state index contributed by atoms with van der Waals surface area (Å²) in [6.07, 6.45) is 2.44. The molecule has 0 amide bonds. The van der Waals surface area contributed by atoms with Crippen LogP contribution in [0, 0.1) is 9.36 Å².